The van der Waals surface area contributed by atoms with Crippen LogP contribution in [0, 0.1) is 6.92 Å². The van der Waals surface area contributed by atoms with E-state index in [9.17, 15) is 8.42 Å². The Labute approximate surface area is 83.9 Å². The molecule has 1 aromatic carbocycles. The lowest BCUT2D eigenvalue weighted by Gasteiger charge is -1.98. The summed E-state index contributed by atoms with van der Waals surface area (Å²) < 4.78 is 27.6. The molecule has 0 saturated heterocycles. The third-order valence-electron chi connectivity index (χ3n) is 1.72. The summed E-state index contributed by atoms with van der Waals surface area (Å²) in [5.41, 5.74) is 1.03. The van der Waals surface area contributed by atoms with Crippen LogP contribution in [0.1, 0.15) is 5.56 Å². The Morgan fingerprint density at radius 2 is 1.79 bits per heavy atom. The van der Waals surface area contributed by atoms with Gasteiger partial charge in [0.2, 0.25) is 9.84 Å². The van der Waals surface area contributed by atoms with Crippen LogP contribution in [0.15, 0.2) is 40.8 Å². The van der Waals surface area contributed by atoms with E-state index in [0.717, 1.165) is 17.2 Å². The van der Waals surface area contributed by atoms with Gasteiger partial charge in [-0.2, -0.15) is 0 Å². The van der Waals surface area contributed by atoms with Crippen LogP contribution in [0.5, 0.6) is 0 Å². The van der Waals surface area contributed by atoms with Crippen LogP contribution >= 0.6 is 0 Å². The van der Waals surface area contributed by atoms with Gasteiger partial charge in [0.05, 0.1) is 23.7 Å². The van der Waals surface area contributed by atoms with Crippen LogP contribution in [0.4, 0.5) is 0 Å². The van der Waals surface area contributed by atoms with Gasteiger partial charge in [0.1, 0.15) is 0 Å². The number of methoxy groups -OCH3 is 1. The van der Waals surface area contributed by atoms with Crippen molar-refractivity contribution in [1.29, 1.82) is 0 Å². The second-order valence-electron chi connectivity index (χ2n) is 2.87. The van der Waals surface area contributed by atoms with Gasteiger partial charge < -0.3 is 4.74 Å². The number of aryl methyl sites for hydroxylation is 1. The van der Waals surface area contributed by atoms with E-state index >= 15 is 0 Å². The van der Waals surface area contributed by atoms with Crippen LogP contribution < -0.4 is 0 Å². The highest BCUT2D eigenvalue weighted by atomic mass is 32.2. The van der Waals surface area contributed by atoms with Crippen LogP contribution in [0.25, 0.3) is 0 Å². The maximum Gasteiger partial charge on any atom is 0.202 e. The maximum atomic E-state index is 11.5. The van der Waals surface area contributed by atoms with Crippen LogP contribution in [0.3, 0.4) is 0 Å². The number of ether oxygens (including phenoxy) is 1. The molecule has 0 radical (unpaired) electrons. The molecule has 1 rings (SSSR count). The molecular formula is C10H12O3S. The summed E-state index contributed by atoms with van der Waals surface area (Å²) in [5.74, 6) is 0. The smallest absolute Gasteiger partial charge is 0.202 e. The van der Waals surface area contributed by atoms with Crippen molar-refractivity contribution in [3.8, 4) is 0 Å². The highest BCUT2D eigenvalue weighted by Crippen LogP contribution is 2.12. The van der Waals surface area contributed by atoms with E-state index in [-0.39, 0.29) is 4.90 Å². The summed E-state index contributed by atoms with van der Waals surface area (Å²) in [4.78, 5) is 0.274. The van der Waals surface area contributed by atoms with Gasteiger partial charge in [0.15, 0.2) is 0 Å². The van der Waals surface area contributed by atoms with Gasteiger partial charge in [0.25, 0.3) is 0 Å². The standard InChI is InChI=1S/C10H12O3S/c1-9-3-5-10(6-4-9)14(11,12)8-7-13-2/h3-8H,1-2H3/b8-7+. The predicted molar refractivity (Wildman–Crippen MR) is 54.5 cm³/mol. The average Bonchev–Trinajstić information content (AvgIpc) is 2.16. The van der Waals surface area contributed by atoms with E-state index in [0.29, 0.717) is 0 Å². The van der Waals surface area contributed by atoms with E-state index in [1.54, 1.807) is 24.3 Å². The molecule has 0 amide bonds. The van der Waals surface area contributed by atoms with Crippen molar-refractivity contribution in [2.75, 3.05) is 7.11 Å². The zero-order valence-electron chi connectivity index (χ0n) is 8.10. The van der Waals surface area contributed by atoms with Crippen molar-refractivity contribution in [2.45, 2.75) is 11.8 Å². The Bertz CT molecular complexity index is 415. The van der Waals surface area contributed by atoms with E-state index in [2.05, 4.69) is 4.74 Å². The molecule has 0 spiro atoms. The van der Waals surface area contributed by atoms with Crippen molar-refractivity contribution < 1.29 is 13.2 Å². The highest BCUT2D eigenvalue weighted by molar-refractivity contribution is 7.94. The first kappa shape index (κ1) is 10.8. The quantitative estimate of drug-likeness (QED) is 0.718. The number of hydrogen-bond acceptors (Lipinski definition) is 3. The Hall–Kier alpha value is -1.29. The molecule has 0 atom stereocenters. The zero-order chi connectivity index (χ0) is 10.6. The molecule has 0 aromatic heterocycles. The first-order valence-electron chi connectivity index (χ1n) is 4.07. The lowest BCUT2D eigenvalue weighted by Crippen LogP contribution is -1.95. The van der Waals surface area contributed by atoms with Gasteiger partial charge in [-0.1, -0.05) is 17.7 Å². The highest BCUT2D eigenvalue weighted by Gasteiger charge is 2.08. The molecule has 1 aromatic rings. The first-order chi connectivity index (χ1) is 6.56. The SMILES string of the molecule is CO/C=C/S(=O)(=O)c1ccc(C)cc1. The van der Waals surface area contributed by atoms with Crippen molar-refractivity contribution in [3.05, 3.63) is 41.5 Å². The summed E-state index contributed by atoms with van der Waals surface area (Å²) in [6, 6.07) is 6.66. The molecule has 0 aliphatic heterocycles. The lowest BCUT2D eigenvalue weighted by atomic mass is 10.2. The normalized spacial score (nSPS) is 11.9. The van der Waals surface area contributed by atoms with Crippen LogP contribution in [-0.2, 0) is 14.6 Å². The van der Waals surface area contributed by atoms with Crippen LogP contribution in [-0.4, -0.2) is 15.5 Å². The Morgan fingerprint density at radius 1 is 1.21 bits per heavy atom. The van der Waals surface area contributed by atoms with Crippen molar-refractivity contribution in [2.24, 2.45) is 0 Å². The number of sulfone groups is 1. The fourth-order valence-electron chi connectivity index (χ4n) is 0.935. The number of rotatable bonds is 3. The average molecular weight is 212 g/mol. The third kappa shape index (κ3) is 2.60. The summed E-state index contributed by atoms with van der Waals surface area (Å²) in [6.45, 7) is 1.90. The molecule has 14 heavy (non-hydrogen) atoms. The van der Waals surface area contributed by atoms with Crippen LogP contribution in [0.2, 0.25) is 0 Å². The Morgan fingerprint density at radius 3 is 2.29 bits per heavy atom. The predicted octanol–water partition coefficient (Wildman–Crippen LogP) is 1.89. The van der Waals surface area contributed by atoms with Crippen molar-refractivity contribution >= 4 is 9.84 Å². The molecule has 3 nitrogen and oxygen atoms in total. The van der Waals surface area contributed by atoms with Gasteiger partial charge in [-0.3, -0.25) is 0 Å². The molecule has 0 N–H and O–H groups in total. The minimum Gasteiger partial charge on any atom is -0.504 e. The number of hydrogen-bond donors (Lipinski definition) is 0. The summed E-state index contributed by atoms with van der Waals surface area (Å²) in [5, 5.41) is 1.04. The van der Waals surface area contributed by atoms with Crippen molar-refractivity contribution in [3.63, 3.8) is 0 Å². The van der Waals surface area contributed by atoms with E-state index in [4.69, 9.17) is 0 Å². The van der Waals surface area contributed by atoms with Gasteiger partial charge >= 0.3 is 0 Å². The molecule has 76 valence electrons. The van der Waals surface area contributed by atoms with Gasteiger partial charge in [-0.15, -0.1) is 0 Å². The first-order valence-corrected chi connectivity index (χ1v) is 5.62. The summed E-state index contributed by atoms with van der Waals surface area (Å²) in [6.07, 6.45) is 1.15. The Balaban J connectivity index is 3.05. The van der Waals surface area contributed by atoms with Gasteiger partial charge in [0, 0.05) is 0 Å². The molecule has 0 unspecified atom stereocenters. The molecule has 4 heteroatoms. The summed E-state index contributed by atoms with van der Waals surface area (Å²) >= 11 is 0. The molecule has 0 fully saturated rings. The molecule has 0 aliphatic carbocycles. The third-order valence-corrected chi connectivity index (χ3v) is 3.12. The monoisotopic (exact) mass is 212 g/mol. The van der Waals surface area contributed by atoms with Gasteiger partial charge in [-0.05, 0) is 19.1 Å². The van der Waals surface area contributed by atoms with E-state index in [1.807, 2.05) is 6.92 Å². The Kier molecular flexibility index (Phi) is 3.30. The number of benzene rings is 1. The van der Waals surface area contributed by atoms with E-state index in [1.165, 1.54) is 7.11 Å². The largest absolute Gasteiger partial charge is 0.504 e. The van der Waals surface area contributed by atoms with Gasteiger partial charge in [-0.25, -0.2) is 8.42 Å². The second kappa shape index (κ2) is 4.28. The second-order valence-corrected chi connectivity index (χ2v) is 4.70. The lowest BCUT2D eigenvalue weighted by molar-refractivity contribution is 0.338. The molecule has 0 saturated carbocycles. The molecule has 0 heterocycles. The molecule has 0 aliphatic rings. The minimum atomic E-state index is -3.34. The molecule has 0 bridgehead atoms. The fraction of sp³-hybridized carbons (Fsp3) is 0.200. The van der Waals surface area contributed by atoms with E-state index < -0.39 is 9.84 Å². The van der Waals surface area contributed by atoms with Crippen molar-refractivity contribution in [1.82, 2.24) is 0 Å². The maximum absolute atomic E-state index is 11.5. The molecular weight excluding hydrogens is 200 g/mol. The topological polar surface area (TPSA) is 43.4 Å². The fourth-order valence-corrected chi connectivity index (χ4v) is 1.87. The zero-order valence-corrected chi connectivity index (χ0v) is 8.91. The summed E-state index contributed by atoms with van der Waals surface area (Å²) in [7, 11) is -1.94. The minimum absolute atomic E-state index is 0.274.